The average molecular weight is 252 g/mol. The summed E-state index contributed by atoms with van der Waals surface area (Å²) in [4.78, 5) is 14.7. The molecule has 0 amide bonds. The van der Waals surface area contributed by atoms with Crippen molar-refractivity contribution in [2.24, 2.45) is 5.92 Å². The maximum Gasteiger partial charge on any atom is 0.311 e. The van der Waals surface area contributed by atoms with Crippen LogP contribution in [-0.2, 0) is 0 Å². The standard InChI is InChI=1S/C12H20N4O2/c1-8(2)7-9(3)14-12-10(16(17)18)5-6-11(13-4)15-12/h5-6,8-9H,7H2,1-4H3,(H2,13,14,15). The zero-order chi connectivity index (χ0) is 13.7. The Morgan fingerprint density at radius 3 is 2.56 bits per heavy atom. The molecule has 0 aliphatic heterocycles. The average Bonchev–Trinajstić information content (AvgIpc) is 2.27. The molecule has 0 radical (unpaired) electrons. The quantitative estimate of drug-likeness (QED) is 0.601. The van der Waals surface area contributed by atoms with Crippen molar-refractivity contribution in [2.45, 2.75) is 33.2 Å². The minimum absolute atomic E-state index is 0.00426. The van der Waals surface area contributed by atoms with E-state index in [0.29, 0.717) is 17.6 Å². The van der Waals surface area contributed by atoms with Gasteiger partial charge in [-0.1, -0.05) is 13.8 Å². The van der Waals surface area contributed by atoms with Crippen LogP contribution in [0.2, 0.25) is 0 Å². The molecule has 100 valence electrons. The summed E-state index contributed by atoms with van der Waals surface area (Å²) in [5, 5.41) is 16.9. The molecule has 0 spiro atoms. The van der Waals surface area contributed by atoms with Crippen LogP contribution in [0, 0.1) is 16.0 Å². The maximum absolute atomic E-state index is 10.9. The van der Waals surface area contributed by atoms with Gasteiger partial charge in [-0.2, -0.15) is 0 Å². The molecule has 0 aliphatic rings. The van der Waals surface area contributed by atoms with E-state index >= 15 is 0 Å². The van der Waals surface area contributed by atoms with Gasteiger partial charge in [-0.25, -0.2) is 4.98 Å². The van der Waals surface area contributed by atoms with Crippen molar-refractivity contribution in [1.82, 2.24) is 4.98 Å². The van der Waals surface area contributed by atoms with Crippen LogP contribution in [-0.4, -0.2) is 23.0 Å². The summed E-state index contributed by atoms with van der Waals surface area (Å²) >= 11 is 0. The molecule has 1 aromatic heterocycles. The van der Waals surface area contributed by atoms with E-state index in [4.69, 9.17) is 0 Å². The first-order valence-corrected chi connectivity index (χ1v) is 6.03. The first-order chi connectivity index (χ1) is 8.43. The van der Waals surface area contributed by atoms with E-state index in [9.17, 15) is 10.1 Å². The fraction of sp³-hybridized carbons (Fsp3) is 0.583. The summed E-state index contributed by atoms with van der Waals surface area (Å²) in [6.45, 7) is 6.23. The zero-order valence-corrected chi connectivity index (χ0v) is 11.2. The highest BCUT2D eigenvalue weighted by atomic mass is 16.6. The first kappa shape index (κ1) is 14.2. The molecule has 0 bridgehead atoms. The van der Waals surface area contributed by atoms with E-state index in [1.54, 1.807) is 13.1 Å². The Morgan fingerprint density at radius 2 is 2.06 bits per heavy atom. The molecule has 18 heavy (non-hydrogen) atoms. The number of anilines is 2. The van der Waals surface area contributed by atoms with Gasteiger partial charge in [0.1, 0.15) is 5.82 Å². The predicted molar refractivity (Wildman–Crippen MR) is 73.0 cm³/mol. The van der Waals surface area contributed by atoms with Gasteiger partial charge in [0.15, 0.2) is 0 Å². The predicted octanol–water partition coefficient (Wildman–Crippen LogP) is 2.88. The molecule has 0 aliphatic carbocycles. The Hall–Kier alpha value is -1.85. The van der Waals surface area contributed by atoms with Crippen LogP contribution < -0.4 is 10.6 Å². The Morgan fingerprint density at radius 1 is 1.39 bits per heavy atom. The van der Waals surface area contributed by atoms with Gasteiger partial charge in [0.05, 0.1) is 4.92 Å². The molecule has 2 N–H and O–H groups in total. The molecule has 1 rings (SSSR count). The lowest BCUT2D eigenvalue weighted by atomic mass is 10.1. The second-order valence-corrected chi connectivity index (χ2v) is 4.75. The van der Waals surface area contributed by atoms with E-state index in [1.165, 1.54) is 6.07 Å². The normalized spacial score (nSPS) is 12.3. The number of nitro groups is 1. The third-order valence-electron chi connectivity index (χ3n) is 2.53. The van der Waals surface area contributed by atoms with Gasteiger partial charge >= 0.3 is 5.69 Å². The Kier molecular flexibility index (Phi) is 4.88. The van der Waals surface area contributed by atoms with Crippen LogP contribution in [0.5, 0.6) is 0 Å². The molecule has 1 heterocycles. The highest BCUT2D eigenvalue weighted by Gasteiger charge is 2.17. The van der Waals surface area contributed by atoms with Gasteiger partial charge in [0.25, 0.3) is 0 Å². The van der Waals surface area contributed by atoms with E-state index in [1.807, 2.05) is 6.92 Å². The monoisotopic (exact) mass is 252 g/mol. The summed E-state index contributed by atoms with van der Waals surface area (Å²) in [5.74, 6) is 1.46. The second kappa shape index (κ2) is 6.18. The molecule has 1 unspecified atom stereocenters. The van der Waals surface area contributed by atoms with E-state index in [0.717, 1.165) is 6.42 Å². The number of hydrogen-bond acceptors (Lipinski definition) is 5. The maximum atomic E-state index is 10.9. The summed E-state index contributed by atoms with van der Waals surface area (Å²) in [6, 6.07) is 3.20. The van der Waals surface area contributed by atoms with E-state index in [2.05, 4.69) is 29.5 Å². The number of nitrogens with one attached hydrogen (secondary N) is 2. The number of hydrogen-bond donors (Lipinski definition) is 2. The van der Waals surface area contributed by atoms with Gasteiger partial charge in [0.2, 0.25) is 5.82 Å². The molecule has 0 aromatic carbocycles. The van der Waals surface area contributed by atoms with Gasteiger partial charge in [-0.05, 0) is 25.3 Å². The summed E-state index contributed by atoms with van der Waals surface area (Å²) in [6.07, 6.45) is 0.933. The van der Waals surface area contributed by atoms with Crippen molar-refractivity contribution in [2.75, 3.05) is 17.7 Å². The van der Waals surface area contributed by atoms with Crippen LogP contribution in [0.3, 0.4) is 0 Å². The van der Waals surface area contributed by atoms with E-state index < -0.39 is 4.92 Å². The SMILES string of the molecule is CNc1ccc([N+](=O)[O-])c(NC(C)CC(C)C)n1. The summed E-state index contributed by atoms with van der Waals surface area (Å²) in [7, 11) is 1.73. The first-order valence-electron chi connectivity index (χ1n) is 6.03. The fourth-order valence-electron chi connectivity index (χ4n) is 1.84. The number of nitrogens with zero attached hydrogens (tertiary/aromatic N) is 2. The largest absolute Gasteiger partial charge is 0.373 e. The van der Waals surface area contributed by atoms with Crippen LogP contribution in [0.4, 0.5) is 17.3 Å². The van der Waals surface area contributed by atoms with Crippen molar-refractivity contribution in [3.8, 4) is 0 Å². The van der Waals surface area contributed by atoms with Crippen LogP contribution in [0.25, 0.3) is 0 Å². The molecule has 0 saturated carbocycles. The molecular formula is C12H20N4O2. The molecule has 0 saturated heterocycles. The van der Waals surface area contributed by atoms with Crippen molar-refractivity contribution in [3.05, 3.63) is 22.2 Å². The third kappa shape index (κ3) is 3.87. The number of aromatic nitrogens is 1. The van der Waals surface area contributed by atoms with Gasteiger partial charge < -0.3 is 10.6 Å². The third-order valence-corrected chi connectivity index (χ3v) is 2.53. The Bertz CT molecular complexity index is 421. The number of pyridine rings is 1. The van der Waals surface area contributed by atoms with E-state index in [-0.39, 0.29) is 11.7 Å². The highest BCUT2D eigenvalue weighted by molar-refractivity contribution is 5.60. The fourth-order valence-corrected chi connectivity index (χ4v) is 1.84. The Balaban J connectivity index is 2.93. The second-order valence-electron chi connectivity index (χ2n) is 4.75. The highest BCUT2D eigenvalue weighted by Crippen LogP contribution is 2.25. The molecule has 0 fully saturated rings. The smallest absolute Gasteiger partial charge is 0.311 e. The van der Waals surface area contributed by atoms with Gasteiger partial charge in [-0.15, -0.1) is 0 Å². The topological polar surface area (TPSA) is 80.1 Å². The minimum atomic E-state index is -0.420. The van der Waals surface area contributed by atoms with Crippen molar-refractivity contribution >= 4 is 17.3 Å². The molecule has 1 atom stereocenters. The summed E-state index contributed by atoms with van der Waals surface area (Å²) in [5.41, 5.74) is 0.00426. The lowest BCUT2D eigenvalue weighted by Crippen LogP contribution is -2.19. The minimum Gasteiger partial charge on any atom is -0.373 e. The van der Waals surface area contributed by atoms with Gasteiger partial charge in [0, 0.05) is 19.2 Å². The molecule has 6 nitrogen and oxygen atoms in total. The van der Waals surface area contributed by atoms with Crippen LogP contribution in [0.15, 0.2) is 12.1 Å². The van der Waals surface area contributed by atoms with Crippen LogP contribution >= 0.6 is 0 Å². The van der Waals surface area contributed by atoms with Crippen molar-refractivity contribution in [1.29, 1.82) is 0 Å². The molecule has 1 aromatic rings. The zero-order valence-electron chi connectivity index (χ0n) is 11.2. The summed E-state index contributed by atoms with van der Waals surface area (Å²) < 4.78 is 0. The molecule has 6 heteroatoms. The van der Waals surface area contributed by atoms with Gasteiger partial charge in [-0.3, -0.25) is 10.1 Å². The number of rotatable bonds is 6. The van der Waals surface area contributed by atoms with Crippen molar-refractivity contribution < 1.29 is 4.92 Å². The Labute approximate surface area is 107 Å². The molecular weight excluding hydrogens is 232 g/mol. The lowest BCUT2D eigenvalue weighted by molar-refractivity contribution is -0.384. The van der Waals surface area contributed by atoms with Crippen molar-refractivity contribution in [3.63, 3.8) is 0 Å². The lowest BCUT2D eigenvalue weighted by Gasteiger charge is -2.16. The van der Waals surface area contributed by atoms with Crippen LogP contribution in [0.1, 0.15) is 27.2 Å².